The summed E-state index contributed by atoms with van der Waals surface area (Å²) in [6.45, 7) is 5.32. The molecule has 0 saturated heterocycles. The van der Waals surface area contributed by atoms with Gasteiger partial charge in [-0.1, -0.05) is 38.1 Å². The number of nitrogens with one attached hydrogen (secondary N) is 1. The first-order chi connectivity index (χ1) is 9.74. The first kappa shape index (κ1) is 15.2. The van der Waals surface area contributed by atoms with Crippen LogP contribution in [0.1, 0.15) is 36.7 Å². The van der Waals surface area contributed by atoms with Crippen LogP contribution >= 0.6 is 15.9 Å². The van der Waals surface area contributed by atoms with Crippen molar-refractivity contribution in [1.29, 1.82) is 0 Å². The minimum atomic E-state index is 0.324. The number of hydrogen-bond acceptors (Lipinski definition) is 2. The zero-order valence-corrected chi connectivity index (χ0v) is 13.7. The Kier molecular flexibility index (Phi) is 5.74. The third-order valence-electron chi connectivity index (χ3n) is 3.46. The van der Waals surface area contributed by atoms with Crippen molar-refractivity contribution >= 4 is 15.9 Å². The number of hydrogen-bond donors (Lipinski definition) is 1. The lowest BCUT2D eigenvalue weighted by Gasteiger charge is -2.21. The number of halogens is 1. The SMILES string of the molecule is CCNC(Cc1ccc(Br)cn1)c1ccccc1CC. The first-order valence-electron chi connectivity index (χ1n) is 7.16. The van der Waals surface area contributed by atoms with E-state index in [-0.39, 0.29) is 0 Å². The normalized spacial score (nSPS) is 12.3. The highest BCUT2D eigenvalue weighted by Gasteiger charge is 2.14. The number of likely N-dealkylation sites (N-methyl/N-ethyl adjacent to an activating group) is 1. The van der Waals surface area contributed by atoms with E-state index in [1.165, 1.54) is 11.1 Å². The molecule has 0 amide bonds. The molecule has 1 unspecified atom stereocenters. The molecule has 0 fully saturated rings. The van der Waals surface area contributed by atoms with Crippen LogP contribution in [0.25, 0.3) is 0 Å². The van der Waals surface area contributed by atoms with E-state index in [0.29, 0.717) is 6.04 Å². The molecule has 0 saturated carbocycles. The monoisotopic (exact) mass is 332 g/mol. The lowest BCUT2D eigenvalue weighted by molar-refractivity contribution is 0.540. The van der Waals surface area contributed by atoms with E-state index in [0.717, 1.165) is 29.6 Å². The highest BCUT2D eigenvalue weighted by atomic mass is 79.9. The van der Waals surface area contributed by atoms with Crippen molar-refractivity contribution in [3.8, 4) is 0 Å². The van der Waals surface area contributed by atoms with Crippen molar-refractivity contribution < 1.29 is 0 Å². The van der Waals surface area contributed by atoms with E-state index in [1.54, 1.807) is 0 Å². The minimum Gasteiger partial charge on any atom is -0.310 e. The lowest BCUT2D eigenvalue weighted by atomic mass is 9.95. The van der Waals surface area contributed by atoms with E-state index >= 15 is 0 Å². The Morgan fingerprint density at radius 3 is 2.60 bits per heavy atom. The third kappa shape index (κ3) is 3.90. The van der Waals surface area contributed by atoms with E-state index in [4.69, 9.17) is 0 Å². The maximum Gasteiger partial charge on any atom is 0.0423 e. The van der Waals surface area contributed by atoms with E-state index in [1.807, 2.05) is 6.20 Å². The molecule has 1 heterocycles. The fraction of sp³-hybridized carbons (Fsp3) is 0.353. The van der Waals surface area contributed by atoms with Gasteiger partial charge in [-0.15, -0.1) is 0 Å². The zero-order chi connectivity index (χ0) is 14.4. The highest BCUT2D eigenvalue weighted by molar-refractivity contribution is 9.10. The Balaban J connectivity index is 2.24. The van der Waals surface area contributed by atoms with Crippen LogP contribution in [-0.4, -0.2) is 11.5 Å². The number of benzene rings is 1. The molecule has 20 heavy (non-hydrogen) atoms. The summed E-state index contributed by atoms with van der Waals surface area (Å²) in [4.78, 5) is 4.49. The molecule has 3 heteroatoms. The van der Waals surface area contributed by atoms with E-state index in [2.05, 4.69) is 76.5 Å². The van der Waals surface area contributed by atoms with Gasteiger partial charge in [0.2, 0.25) is 0 Å². The third-order valence-corrected chi connectivity index (χ3v) is 3.93. The molecule has 0 bridgehead atoms. The van der Waals surface area contributed by atoms with Gasteiger partial charge in [-0.2, -0.15) is 0 Å². The summed E-state index contributed by atoms with van der Waals surface area (Å²) in [5, 5.41) is 3.58. The van der Waals surface area contributed by atoms with Crippen LogP contribution in [0.3, 0.4) is 0 Å². The molecule has 2 nitrogen and oxygen atoms in total. The number of nitrogens with zero attached hydrogens (tertiary/aromatic N) is 1. The highest BCUT2D eigenvalue weighted by Crippen LogP contribution is 2.22. The van der Waals surface area contributed by atoms with Crippen LogP contribution in [0.2, 0.25) is 0 Å². The molecule has 1 atom stereocenters. The summed E-state index contributed by atoms with van der Waals surface area (Å²) in [5.74, 6) is 0. The van der Waals surface area contributed by atoms with E-state index in [9.17, 15) is 0 Å². The van der Waals surface area contributed by atoms with Gasteiger partial charge < -0.3 is 5.32 Å². The van der Waals surface area contributed by atoms with Crippen LogP contribution in [0, 0.1) is 0 Å². The van der Waals surface area contributed by atoms with Gasteiger partial charge >= 0.3 is 0 Å². The minimum absolute atomic E-state index is 0.324. The predicted octanol–water partition coefficient (Wildman–Crippen LogP) is 4.30. The van der Waals surface area contributed by atoms with Crippen LogP contribution in [0.15, 0.2) is 47.1 Å². The van der Waals surface area contributed by atoms with E-state index < -0.39 is 0 Å². The topological polar surface area (TPSA) is 24.9 Å². The Labute approximate surface area is 129 Å². The maximum atomic E-state index is 4.49. The number of aryl methyl sites for hydroxylation is 1. The lowest BCUT2D eigenvalue weighted by Crippen LogP contribution is -2.24. The summed E-state index contributed by atoms with van der Waals surface area (Å²) < 4.78 is 1.02. The van der Waals surface area contributed by atoms with Crippen molar-refractivity contribution in [3.05, 3.63) is 63.9 Å². The Morgan fingerprint density at radius 2 is 1.95 bits per heavy atom. The first-order valence-corrected chi connectivity index (χ1v) is 7.95. The summed E-state index contributed by atoms with van der Waals surface area (Å²) in [6.07, 6.45) is 3.84. The predicted molar refractivity (Wildman–Crippen MR) is 87.9 cm³/mol. The van der Waals surface area contributed by atoms with Gasteiger partial charge in [0.05, 0.1) is 0 Å². The van der Waals surface area contributed by atoms with Crippen molar-refractivity contribution in [2.45, 2.75) is 32.7 Å². The van der Waals surface area contributed by atoms with Gasteiger partial charge in [0.15, 0.2) is 0 Å². The summed E-state index contributed by atoms with van der Waals surface area (Å²) in [7, 11) is 0. The van der Waals surface area contributed by atoms with Crippen LogP contribution < -0.4 is 5.32 Å². The van der Waals surface area contributed by atoms with Gasteiger partial charge in [0.25, 0.3) is 0 Å². The van der Waals surface area contributed by atoms with Crippen molar-refractivity contribution in [3.63, 3.8) is 0 Å². The second kappa shape index (κ2) is 7.55. The maximum absolute atomic E-state index is 4.49. The largest absolute Gasteiger partial charge is 0.310 e. The molecule has 106 valence electrons. The fourth-order valence-electron chi connectivity index (χ4n) is 2.47. The molecule has 0 aliphatic carbocycles. The van der Waals surface area contributed by atoms with Gasteiger partial charge in [0.1, 0.15) is 0 Å². The average molecular weight is 333 g/mol. The van der Waals surface area contributed by atoms with Gasteiger partial charge in [-0.3, -0.25) is 4.98 Å². The van der Waals surface area contributed by atoms with Crippen LogP contribution in [0.4, 0.5) is 0 Å². The molecule has 1 aromatic heterocycles. The fourth-order valence-corrected chi connectivity index (χ4v) is 2.71. The Bertz CT molecular complexity index is 537. The Hall–Kier alpha value is -1.19. The molecule has 2 rings (SSSR count). The molecule has 1 N–H and O–H groups in total. The van der Waals surface area contributed by atoms with Crippen molar-refractivity contribution in [2.24, 2.45) is 0 Å². The smallest absolute Gasteiger partial charge is 0.0423 e. The van der Waals surface area contributed by atoms with Crippen LogP contribution in [-0.2, 0) is 12.8 Å². The molecule has 0 aliphatic rings. The molecular weight excluding hydrogens is 312 g/mol. The van der Waals surface area contributed by atoms with Gasteiger partial charge in [-0.05, 0) is 52.2 Å². The quantitative estimate of drug-likeness (QED) is 0.853. The average Bonchev–Trinajstić information content (AvgIpc) is 2.49. The summed E-state index contributed by atoms with van der Waals surface area (Å²) in [5.41, 5.74) is 3.92. The molecule has 0 spiro atoms. The molecule has 1 aromatic carbocycles. The zero-order valence-electron chi connectivity index (χ0n) is 12.1. The number of pyridine rings is 1. The summed E-state index contributed by atoms with van der Waals surface area (Å²) >= 11 is 3.43. The van der Waals surface area contributed by atoms with Crippen molar-refractivity contribution in [2.75, 3.05) is 6.54 Å². The summed E-state index contributed by atoms with van der Waals surface area (Å²) in [6, 6.07) is 13.1. The molecule has 0 radical (unpaired) electrons. The molecule has 0 aliphatic heterocycles. The Morgan fingerprint density at radius 1 is 1.15 bits per heavy atom. The standard InChI is InChI=1S/C17H21BrN2/c1-3-13-7-5-6-8-16(13)17(19-4-2)11-15-10-9-14(18)12-20-15/h5-10,12,17,19H,3-4,11H2,1-2H3. The van der Waals surface area contributed by atoms with Gasteiger partial charge in [-0.25, -0.2) is 0 Å². The molecular formula is C17H21BrN2. The molecule has 2 aromatic rings. The number of aromatic nitrogens is 1. The van der Waals surface area contributed by atoms with Crippen molar-refractivity contribution in [1.82, 2.24) is 10.3 Å². The second-order valence-electron chi connectivity index (χ2n) is 4.83. The van der Waals surface area contributed by atoms with Crippen LogP contribution in [0.5, 0.6) is 0 Å². The number of rotatable bonds is 6. The second-order valence-corrected chi connectivity index (χ2v) is 5.75. The van der Waals surface area contributed by atoms with Gasteiger partial charge in [0, 0.05) is 28.8 Å².